The smallest absolute Gasteiger partial charge is 0.252 e. The number of carbonyl (C=O) groups is 1. The molecule has 4 rings (SSSR count). The molecule has 0 saturated carbocycles. The van der Waals surface area contributed by atoms with Crippen molar-refractivity contribution in [3.8, 4) is 5.69 Å². The summed E-state index contributed by atoms with van der Waals surface area (Å²) < 4.78 is 17.7. The molecule has 1 amide bonds. The molecule has 0 aliphatic heterocycles. The first-order chi connectivity index (χ1) is 13.4. The van der Waals surface area contributed by atoms with E-state index in [9.17, 15) is 9.18 Å². The van der Waals surface area contributed by atoms with Crippen molar-refractivity contribution in [3.63, 3.8) is 0 Å². The average molecular weight is 378 g/mol. The molecule has 7 nitrogen and oxygen atoms in total. The molecule has 0 fully saturated rings. The van der Waals surface area contributed by atoms with E-state index in [1.54, 1.807) is 46.9 Å². The Hall–Kier alpha value is -3.55. The van der Waals surface area contributed by atoms with Gasteiger partial charge in [-0.15, -0.1) is 0 Å². The van der Waals surface area contributed by atoms with E-state index in [0.717, 1.165) is 16.8 Å². The number of benzene rings is 1. The number of aromatic nitrogens is 5. The van der Waals surface area contributed by atoms with Crippen LogP contribution in [0.2, 0.25) is 0 Å². The van der Waals surface area contributed by atoms with E-state index < -0.39 is 0 Å². The summed E-state index contributed by atoms with van der Waals surface area (Å²) >= 11 is 0. The lowest BCUT2D eigenvalue weighted by Gasteiger charge is -2.10. The van der Waals surface area contributed by atoms with E-state index in [0.29, 0.717) is 22.5 Å². The summed E-state index contributed by atoms with van der Waals surface area (Å²) in [6.07, 6.45) is 4.80. The van der Waals surface area contributed by atoms with Crippen molar-refractivity contribution in [2.45, 2.75) is 20.4 Å². The Bertz CT molecular complexity index is 1180. The van der Waals surface area contributed by atoms with Crippen LogP contribution in [0.4, 0.5) is 4.39 Å². The second-order valence-electron chi connectivity index (χ2n) is 6.66. The van der Waals surface area contributed by atoms with E-state index in [1.165, 1.54) is 12.4 Å². The summed E-state index contributed by atoms with van der Waals surface area (Å²) in [5, 5.41) is 7.95. The Balaban J connectivity index is 1.57. The van der Waals surface area contributed by atoms with Crippen LogP contribution in [0.3, 0.4) is 0 Å². The van der Waals surface area contributed by atoms with Gasteiger partial charge in [0.1, 0.15) is 5.82 Å². The lowest BCUT2D eigenvalue weighted by molar-refractivity contribution is 0.0952. The van der Waals surface area contributed by atoms with E-state index in [-0.39, 0.29) is 18.3 Å². The molecule has 0 aliphatic rings. The molecule has 0 aliphatic carbocycles. The Morgan fingerprint density at radius 1 is 1.25 bits per heavy atom. The van der Waals surface area contributed by atoms with Crippen LogP contribution in [-0.4, -0.2) is 30.2 Å². The van der Waals surface area contributed by atoms with Gasteiger partial charge in [0.05, 0.1) is 28.7 Å². The summed E-state index contributed by atoms with van der Waals surface area (Å²) in [5.41, 5.74) is 3.73. The highest BCUT2D eigenvalue weighted by Gasteiger charge is 2.17. The summed E-state index contributed by atoms with van der Waals surface area (Å²) in [4.78, 5) is 21.2. The van der Waals surface area contributed by atoms with Crippen LogP contribution in [0, 0.1) is 19.7 Å². The van der Waals surface area contributed by atoms with E-state index >= 15 is 0 Å². The first-order valence-electron chi connectivity index (χ1n) is 8.80. The molecule has 8 heteroatoms. The van der Waals surface area contributed by atoms with Gasteiger partial charge in [-0.25, -0.2) is 14.4 Å². The molecule has 1 N–H and O–H groups in total. The highest BCUT2D eigenvalue weighted by Crippen LogP contribution is 2.22. The lowest BCUT2D eigenvalue weighted by Crippen LogP contribution is -2.23. The summed E-state index contributed by atoms with van der Waals surface area (Å²) in [6.45, 7) is 3.89. The van der Waals surface area contributed by atoms with Gasteiger partial charge in [-0.2, -0.15) is 5.10 Å². The normalized spacial score (nSPS) is 11.1. The van der Waals surface area contributed by atoms with Gasteiger partial charge in [0, 0.05) is 31.7 Å². The zero-order valence-electron chi connectivity index (χ0n) is 15.8. The molecule has 0 bridgehead atoms. The number of amides is 1. The van der Waals surface area contributed by atoms with Crippen molar-refractivity contribution >= 4 is 16.9 Å². The molecule has 0 unspecified atom stereocenters. The molecule has 3 heterocycles. The van der Waals surface area contributed by atoms with Crippen molar-refractivity contribution in [2.75, 3.05) is 0 Å². The maximum atomic E-state index is 14.4. The molecular formula is C20H19FN6O. The van der Waals surface area contributed by atoms with Gasteiger partial charge in [0.25, 0.3) is 5.91 Å². The fraction of sp³-hybridized carbons (Fsp3) is 0.200. The highest BCUT2D eigenvalue weighted by atomic mass is 19.1. The van der Waals surface area contributed by atoms with Crippen molar-refractivity contribution in [3.05, 3.63) is 71.3 Å². The molecule has 4 aromatic rings. The number of imidazole rings is 1. The number of nitrogens with zero attached hydrogens (tertiary/aromatic N) is 5. The Kier molecular flexibility index (Phi) is 4.38. The van der Waals surface area contributed by atoms with Crippen LogP contribution >= 0.6 is 0 Å². The number of nitrogens with one attached hydrogen (secondary N) is 1. The third kappa shape index (κ3) is 3.13. The monoisotopic (exact) mass is 378 g/mol. The second-order valence-corrected chi connectivity index (χ2v) is 6.66. The van der Waals surface area contributed by atoms with E-state index in [2.05, 4.69) is 20.4 Å². The number of fused-ring (bicyclic) bond motifs is 1. The molecular weight excluding hydrogens is 359 g/mol. The third-order valence-electron chi connectivity index (χ3n) is 4.59. The minimum atomic E-state index is -0.380. The summed E-state index contributed by atoms with van der Waals surface area (Å²) in [6, 6.07) is 6.60. The number of pyridine rings is 1. The first-order valence-corrected chi connectivity index (χ1v) is 8.80. The van der Waals surface area contributed by atoms with E-state index in [1.807, 2.05) is 13.8 Å². The zero-order valence-corrected chi connectivity index (χ0v) is 15.8. The molecule has 0 saturated heterocycles. The molecule has 1 aromatic carbocycles. The standard InChI is InChI=1S/C20H19FN6O/c1-12-8-15(18-13(2)25-26(3)19(18)24-12)20(28)23-10-14-4-5-17(16(21)9-14)27-7-6-22-11-27/h4-9,11H,10H2,1-3H3,(H,23,28). The number of rotatable bonds is 4. The zero-order chi connectivity index (χ0) is 19.8. The number of hydrogen-bond acceptors (Lipinski definition) is 4. The van der Waals surface area contributed by atoms with Gasteiger partial charge in [-0.1, -0.05) is 6.07 Å². The molecule has 0 radical (unpaired) electrons. The quantitative estimate of drug-likeness (QED) is 0.592. The number of aryl methyl sites for hydroxylation is 3. The SMILES string of the molecule is Cc1cc(C(=O)NCc2ccc(-n3ccnc3)c(F)c2)c2c(C)nn(C)c2n1. The Morgan fingerprint density at radius 3 is 2.79 bits per heavy atom. The fourth-order valence-electron chi connectivity index (χ4n) is 3.30. The lowest BCUT2D eigenvalue weighted by atomic mass is 10.1. The molecule has 28 heavy (non-hydrogen) atoms. The van der Waals surface area contributed by atoms with Crippen LogP contribution in [-0.2, 0) is 13.6 Å². The van der Waals surface area contributed by atoms with Crippen molar-refractivity contribution in [2.24, 2.45) is 7.05 Å². The molecule has 0 spiro atoms. The predicted molar refractivity (Wildman–Crippen MR) is 103 cm³/mol. The minimum absolute atomic E-state index is 0.210. The Morgan fingerprint density at radius 2 is 2.07 bits per heavy atom. The number of carbonyl (C=O) groups excluding carboxylic acids is 1. The number of hydrogen-bond donors (Lipinski definition) is 1. The molecule has 3 aromatic heterocycles. The minimum Gasteiger partial charge on any atom is -0.348 e. The van der Waals surface area contributed by atoms with Gasteiger partial charge in [-0.05, 0) is 37.6 Å². The van der Waals surface area contributed by atoms with Crippen LogP contribution in [0.5, 0.6) is 0 Å². The largest absolute Gasteiger partial charge is 0.348 e. The summed E-state index contributed by atoms with van der Waals surface area (Å²) in [7, 11) is 1.80. The van der Waals surface area contributed by atoms with Gasteiger partial charge in [0.2, 0.25) is 0 Å². The van der Waals surface area contributed by atoms with Crippen LogP contribution in [0.1, 0.15) is 27.3 Å². The number of halogens is 1. The van der Waals surface area contributed by atoms with Crippen molar-refractivity contribution < 1.29 is 9.18 Å². The van der Waals surface area contributed by atoms with Gasteiger partial charge in [0.15, 0.2) is 5.65 Å². The fourth-order valence-corrected chi connectivity index (χ4v) is 3.30. The van der Waals surface area contributed by atoms with Crippen LogP contribution in [0.25, 0.3) is 16.7 Å². The van der Waals surface area contributed by atoms with Crippen molar-refractivity contribution in [1.82, 2.24) is 29.6 Å². The van der Waals surface area contributed by atoms with Gasteiger partial charge < -0.3 is 9.88 Å². The maximum Gasteiger partial charge on any atom is 0.252 e. The van der Waals surface area contributed by atoms with E-state index in [4.69, 9.17) is 0 Å². The third-order valence-corrected chi connectivity index (χ3v) is 4.59. The maximum absolute atomic E-state index is 14.4. The Labute approximate surface area is 160 Å². The molecule has 142 valence electrons. The average Bonchev–Trinajstić information content (AvgIpc) is 3.28. The summed E-state index contributed by atoms with van der Waals surface area (Å²) in [5.74, 6) is -0.624. The second kappa shape index (κ2) is 6.88. The topological polar surface area (TPSA) is 77.6 Å². The molecule has 0 atom stereocenters. The first kappa shape index (κ1) is 17.8. The predicted octanol–water partition coefficient (Wildman–Crippen LogP) is 2.84. The van der Waals surface area contributed by atoms with Crippen LogP contribution in [0.15, 0.2) is 43.0 Å². The van der Waals surface area contributed by atoms with Crippen molar-refractivity contribution in [1.29, 1.82) is 0 Å². The van der Waals surface area contributed by atoms with Gasteiger partial charge >= 0.3 is 0 Å². The van der Waals surface area contributed by atoms with Crippen LogP contribution < -0.4 is 5.32 Å². The highest BCUT2D eigenvalue weighted by molar-refractivity contribution is 6.06. The van der Waals surface area contributed by atoms with Gasteiger partial charge in [-0.3, -0.25) is 9.48 Å².